The molecule has 0 aromatic carbocycles. The Labute approximate surface area is 191 Å². The SMILES string of the molecule is C=CCOC(=O)C(CCCCCCC/C=C/CCCCCCCCCCC)CC(=O)O. The van der Waals surface area contributed by atoms with E-state index in [2.05, 4.69) is 25.7 Å². The zero-order valence-corrected chi connectivity index (χ0v) is 20.1. The summed E-state index contributed by atoms with van der Waals surface area (Å²) in [6, 6.07) is 0. The molecule has 0 saturated carbocycles. The zero-order chi connectivity index (χ0) is 23.0. The van der Waals surface area contributed by atoms with Crippen molar-refractivity contribution in [1.82, 2.24) is 0 Å². The van der Waals surface area contributed by atoms with Crippen LogP contribution in [0.15, 0.2) is 24.8 Å². The molecule has 0 fully saturated rings. The Morgan fingerprint density at radius 1 is 0.806 bits per heavy atom. The summed E-state index contributed by atoms with van der Waals surface area (Å²) >= 11 is 0. The van der Waals surface area contributed by atoms with Gasteiger partial charge in [-0.2, -0.15) is 0 Å². The van der Waals surface area contributed by atoms with Crippen molar-refractivity contribution >= 4 is 11.9 Å². The smallest absolute Gasteiger partial charge is 0.309 e. The highest BCUT2D eigenvalue weighted by Crippen LogP contribution is 2.17. The highest BCUT2D eigenvalue weighted by atomic mass is 16.5. The maximum Gasteiger partial charge on any atom is 0.309 e. The molecule has 0 aromatic rings. The van der Waals surface area contributed by atoms with Gasteiger partial charge in [0.2, 0.25) is 0 Å². The molecule has 1 N–H and O–H groups in total. The van der Waals surface area contributed by atoms with E-state index in [9.17, 15) is 9.59 Å². The summed E-state index contributed by atoms with van der Waals surface area (Å²) in [5.74, 6) is -1.91. The Bertz CT molecular complexity index is 470. The van der Waals surface area contributed by atoms with Crippen molar-refractivity contribution in [3.05, 3.63) is 24.8 Å². The number of rotatable bonds is 23. The quantitative estimate of drug-likeness (QED) is 0.100. The van der Waals surface area contributed by atoms with Gasteiger partial charge in [0.1, 0.15) is 6.61 Å². The molecular formula is C27H48O4. The van der Waals surface area contributed by atoms with Crippen molar-refractivity contribution in [2.75, 3.05) is 6.61 Å². The number of carboxylic acid groups (broad SMARTS) is 1. The van der Waals surface area contributed by atoms with Crippen LogP contribution in [0, 0.1) is 5.92 Å². The monoisotopic (exact) mass is 436 g/mol. The summed E-state index contributed by atoms with van der Waals surface area (Å²) < 4.78 is 5.01. The predicted molar refractivity (Wildman–Crippen MR) is 130 cm³/mol. The van der Waals surface area contributed by atoms with Crippen molar-refractivity contribution in [1.29, 1.82) is 0 Å². The average Bonchev–Trinajstić information content (AvgIpc) is 2.75. The third kappa shape index (κ3) is 21.4. The lowest BCUT2D eigenvalue weighted by Gasteiger charge is -2.13. The first-order valence-corrected chi connectivity index (χ1v) is 12.8. The molecule has 0 saturated heterocycles. The summed E-state index contributed by atoms with van der Waals surface area (Å²) in [7, 11) is 0. The Morgan fingerprint density at radius 2 is 1.29 bits per heavy atom. The van der Waals surface area contributed by atoms with E-state index in [-0.39, 0.29) is 13.0 Å². The summed E-state index contributed by atoms with van der Waals surface area (Å²) in [5.41, 5.74) is 0. The highest BCUT2D eigenvalue weighted by molar-refractivity contribution is 5.79. The topological polar surface area (TPSA) is 63.6 Å². The number of hydrogen-bond acceptors (Lipinski definition) is 3. The van der Waals surface area contributed by atoms with E-state index in [4.69, 9.17) is 9.84 Å². The largest absolute Gasteiger partial charge is 0.481 e. The second-order valence-corrected chi connectivity index (χ2v) is 8.65. The molecule has 0 radical (unpaired) electrons. The molecule has 0 aliphatic rings. The summed E-state index contributed by atoms with van der Waals surface area (Å²) in [4.78, 5) is 22.9. The summed E-state index contributed by atoms with van der Waals surface area (Å²) in [6.07, 6.45) is 26.8. The molecule has 0 heterocycles. The minimum atomic E-state index is -0.949. The highest BCUT2D eigenvalue weighted by Gasteiger charge is 2.22. The fourth-order valence-electron chi connectivity index (χ4n) is 3.76. The number of ether oxygens (including phenoxy) is 1. The number of unbranched alkanes of at least 4 members (excludes halogenated alkanes) is 14. The molecule has 0 bridgehead atoms. The first kappa shape index (κ1) is 29.4. The van der Waals surface area contributed by atoms with Crippen LogP contribution < -0.4 is 0 Å². The first-order valence-electron chi connectivity index (χ1n) is 12.8. The summed E-state index contributed by atoms with van der Waals surface area (Å²) in [6.45, 7) is 5.91. The predicted octanol–water partition coefficient (Wildman–Crippen LogP) is 8.01. The van der Waals surface area contributed by atoms with Crippen LogP contribution in [0.4, 0.5) is 0 Å². The van der Waals surface area contributed by atoms with Gasteiger partial charge in [0.05, 0.1) is 12.3 Å². The standard InChI is InChI=1S/C27H48O4/c1-3-5-6-7-8-9-10-11-12-13-14-15-16-17-18-19-20-21-22-25(24-26(28)29)27(30)31-23-4-2/h4,14-15,25H,2-3,5-13,16-24H2,1H3,(H,28,29)/b15-14+. The molecule has 1 unspecified atom stereocenters. The molecule has 0 amide bonds. The molecule has 0 rings (SSSR count). The lowest BCUT2D eigenvalue weighted by molar-refractivity contribution is -0.152. The van der Waals surface area contributed by atoms with Crippen molar-refractivity contribution in [3.63, 3.8) is 0 Å². The van der Waals surface area contributed by atoms with Crippen LogP contribution in [-0.4, -0.2) is 23.7 Å². The second kappa shape index (κ2) is 23.1. The number of carbonyl (C=O) groups excluding carboxylic acids is 1. The number of carboxylic acids is 1. The number of allylic oxidation sites excluding steroid dienone is 2. The fraction of sp³-hybridized carbons (Fsp3) is 0.778. The van der Waals surface area contributed by atoms with Gasteiger partial charge >= 0.3 is 11.9 Å². The maximum absolute atomic E-state index is 11.9. The molecule has 4 nitrogen and oxygen atoms in total. The Morgan fingerprint density at radius 3 is 1.77 bits per heavy atom. The maximum atomic E-state index is 11.9. The minimum Gasteiger partial charge on any atom is -0.481 e. The molecule has 4 heteroatoms. The van der Waals surface area contributed by atoms with E-state index in [1.807, 2.05) is 0 Å². The van der Waals surface area contributed by atoms with Gasteiger partial charge in [0, 0.05) is 0 Å². The molecule has 0 aliphatic carbocycles. The fourth-order valence-corrected chi connectivity index (χ4v) is 3.76. The van der Waals surface area contributed by atoms with Crippen LogP contribution in [0.5, 0.6) is 0 Å². The first-order chi connectivity index (χ1) is 15.1. The van der Waals surface area contributed by atoms with Gasteiger partial charge in [-0.3, -0.25) is 9.59 Å². The van der Waals surface area contributed by atoms with Crippen LogP contribution >= 0.6 is 0 Å². The molecule has 1 atom stereocenters. The van der Waals surface area contributed by atoms with E-state index < -0.39 is 17.9 Å². The van der Waals surface area contributed by atoms with Crippen LogP contribution in [0.1, 0.15) is 122 Å². The molecule has 0 spiro atoms. The molecule has 0 aromatic heterocycles. The van der Waals surface area contributed by atoms with Gasteiger partial charge in [-0.15, -0.1) is 0 Å². The van der Waals surface area contributed by atoms with Gasteiger partial charge in [-0.05, 0) is 32.1 Å². The number of carbonyl (C=O) groups is 2. The van der Waals surface area contributed by atoms with Gasteiger partial charge in [-0.1, -0.05) is 109 Å². The van der Waals surface area contributed by atoms with E-state index in [0.29, 0.717) is 6.42 Å². The molecule has 180 valence electrons. The molecule has 0 aliphatic heterocycles. The third-order valence-electron chi connectivity index (χ3n) is 5.66. The van der Waals surface area contributed by atoms with E-state index >= 15 is 0 Å². The van der Waals surface area contributed by atoms with Crippen molar-refractivity contribution in [3.8, 4) is 0 Å². The van der Waals surface area contributed by atoms with Gasteiger partial charge < -0.3 is 9.84 Å². The zero-order valence-electron chi connectivity index (χ0n) is 20.1. The van der Waals surface area contributed by atoms with Crippen molar-refractivity contribution in [2.45, 2.75) is 122 Å². The van der Waals surface area contributed by atoms with E-state index in [1.165, 1.54) is 83.1 Å². The number of esters is 1. The minimum absolute atomic E-state index is 0.140. The molecule has 31 heavy (non-hydrogen) atoms. The van der Waals surface area contributed by atoms with E-state index in [0.717, 1.165) is 25.7 Å². The number of aliphatic carboxylic acids is 1. The lowest BCUT2D eigenvalue weighted by atomic mass is 9.97. The van der Waals surface area contributed by atoms with Gasteiger partial charge in [0.25, 0.3) is 0 Å². The summed E-state index contributed by atoms with van der Waals surface area (Å²) in [5, 5.41) is 8.98. The third-order valence-corrected chi connectivity index (χ3v) is 5.66. The van der Waals surface area contributed by atoms with Crippen LogP contribution in [0.25, 0.3) is 0 Å². The van der Waals surface area contributed by atoms with Gasteiger partial charge in [0.15, 0.2) is 0 Å². The van der Waals surface area contributed by atoms with Crippen molar-refractivity contribution in [2.24, 2.45) is 5.92 Å². The Balaban J connectivity index is 3.53. The lowest BCUT2D eigenvalue weighted by Crippen LogP contribution is -2.21. The van der Waals surface area contributed by atoms with Gasteiger partial charge in [-0.25, -0.2) is 0 Å². The van der Waals surface area contributed by atoms with Crippen LogP contribution in [0.3, 0.4) is 0 Å². The average molecular weight is 437 g/mol. The van der Waals surface area contributed by atoms with Crippen molar-refractivity contribution < 1.29 is 19.4 Å². The van der Waals surface area contributed by atoms with Crippen LogP contribution in [0.2, 0.25) is 0 Å². The van der Waals surface area contributed by atoms with E-state index in [1.54, 1.807) is 0 Å². The Hall–Kier alpha value is -1.58. The van der Waals surface area contributed by atoms with Crippen LogP contribution in [-0.2, 0) is 14.3 Å². The number of hydrogen-bond donors (Lipinski definition) is 1. The second-order valence-electron chi connectivity index (χ2n) is 8.65. The Kier molecular flexibility index (Phi) is 21.9. The molecular weight excluding hydrogens is 388 g/mol. The normalized spacial score (nSPS) is 12.2.